The lowest BCUT2D eigenvalue weighted by atomic mass is 10.0. The van der Waals surface area contributed by atoms with Gasteiger partial charge < -0.3 is 5.32 Å². The van der Waals surface area contributed by atoms with Crippen molar-refractivity contribution in [2.45, 2.75) is 17.4 Å². The first-order chi connectivity index (χ1) is 10.1. The van der Waals surface area contributed by atoms with Gasteiger partial charge in [0.1, 0.15) is 5.82 Å². The first-order valence-electron chi connectivity index (χ1n) is 6.63. The molecule has 0 fully saturated rings. The summed E-state index contributed by atoms with van der Waals surface area (Å²) >= 11 is 7.78. The van der Waals surface area contributed by atoms with E-state index < -0.39 is 11.7 Å². The van der Waals surface area contributed by atoms with Crippen molar-refractivity contribution in [2.75, 3.05) is 5.75 Å². The fourth-order valence-electron chi connectivity index (χ4n) is 2.40. The SMILES string of the molecule is O=C(NC1CCSc2ccc(Cl)cc21)c1ccccc1F. The van der Waals surface area contributed by atoms with Crippen LogP contribution in [-0.4, -0.2) is 11.7 Å². The van der Waals surface area contributed by atoms with Crippen molar-refractivity contribution in [3.8, 4) is 0 Å². The summed E-state index contributed by atoms with van der Waals surface area (Å²) in [5.41, 5.74) is 1.07. The van der Waals surface area contributed by atoms with E-state index in [0.717, 1.165) is 22.6 Å². The number of fused-ring (bicyclic) bond motifs is 1. The zero-order chi connectivity index (χ0) is 14.8. The fraction of sp³-hybridized carbons (Fsp3) is 0.188. The highest BCUT2D eigenvalue weighted by Gasteiger charge is 2.23. The van der Waals surface area contributed by atoms with Crippen molar-refractivity contribution in [3.63, 3.8) is 0 Å². The molecule has 1 amide bonds. The molecular weight excluding hydrogens is 309 g/mol. The van der Waals surface area contributed by atoms with Crippen molar-refractivity contribution < 1.29 is 9.18 Å². The van der Waals surface area contributed by atoms with Gasteiger partial charge in [-0.05, 0) is 42.3 Å². The van der Waals surface area contributed by atoms with Crippen molar-refractivity contribution in [2.24, 2.45) is 0 Å². The summed E-state index contributed by atoms with van der Waals surface area (Å²) in [6, 6.07) is 11.5. The van der Waals surface area contributed by atoms with Crippen LogP contribution >= 0.6 is 23.4 Å². The Morgan fingerprint density at radius 2 is 2.10 bits per heavy atom. The van der Waals surface area contributed by atoms with Crippen molar-refractivity contribution >= 4 is 29.3 Å². The zero-order valence-corrected chi connectivity index (χ0v) is 12.7. The summed E-state index contributed by atoms with van der Waals surface area (Å²) in [7, 11) is 0. The molecule has 1 heterocycles. The Hall–Kier alpha value is -1.52. The van der Waals surface area contributed by atoms with E-state index in [1.807, 2.05) is 18.2 Å². The van der Waals surface area contributed by atoms with Gasteiger partial charge in [-0.15, -0.1) is 11.8 Å². The Morgan fingerprint density at radius 3 is 2.90 bits per heavy atom. The van der Waals surface area contributed by atoms with Crippen LogP contribution in [0.4, 0.5) is 4.39 Å². The van der Waals surface area contributed by atoms with Gasteiger partial charge in [0.2, 0.25) is 0 Å². The van der Waals surface area contributed by atoms with Gasteiger partial charge in [0.05, 0.1) is 11.6 Å². The standard InChI is InChI=1S/C16H13ClFNOS/c17-10-5-6-15-12(9-10)14(7-8-21-15)19-16(20)11-3-1-2-4-13(11)18/h1-6,9,14H,7-8H2,(H,19,20). The molecule has 0 bridgehead atoms. The first-order valence-corrected chi connectivity index (χ1v) is 7.99. The predicted octanol–water partition coefficient (Wildman–Crippen LogP) is 4.45. The molecule has 0 saturated carbocycles. The molecule has 0 aliphatic carbocycles. The molecule has 1 aliphatic heterocycles. The minimum Gasteiger partial charge on any atom is -0.345 e. The van der Waals surface area contributed by atoms with Crippen LogP contribution in [0.3, 0.4) is 0 Å². The molecule has 0 aromatic heterocycles. The molecule has 1 N–H and O–H groups in total. The number of benzene rings is 2. The zero-order valence-electron chi connectivity index (χ0n) is 11.1. The minimum absolute atomic E-state index is 0.0688. The highest BCUT2D eigenvalue weighted by molar-refractivity contribution is 7.99. The van der Waals surface area contributed by atoms with E-state index >= 15 is 0 Å². The minimum atomic E-state index is -0.508. The number of hydrogen-bond donors (Lipinski definition) is 1. The summed E-state index contributed by atoms with van der Waals surface area (Å²) in [6.07, 6.45) is 0.804. The van der Waals surface area contributed by atoms with Crippen LogP contribution in [0.25, 0.3) is 0 Å². The summed E-state index contributed by atoms with van der Waals surface area (Å²) < 4.78 is 13.7. The maximum absolute atomic E-state index is 13.7. The quantitative estimate of drug-likeness (QED) is 0.885. The Balaban J connectivity index is 1.85. The van der Waals surface area contributed by atoms with E-state index in [0.29, 0.717) is 5.02 Å². The van der Waals surface area contributed by atoms with Crippen LogP contribution in [0.5, 0.6) is 0 Å². The summed E-state index contributed by atoms with van der Waals surface area (Å²) in [6.45, 7) is 0. The second-order valence-corrected chi connectivity index (χ2v) is 6.40. The number of thioether (sulfide) groups is 1. The third-order valence-electron chi connectivity index (χ3n) is 3.44. The van der Waals surface area contributed by atoms with Gasteiger partial charge in [0.25, 0.3) is 5.91 Å². The predicted molar refractivity (Wildman–Crippen MR) is 83.4 cm³/mol. The molecule has 108 valence electrons. The van der Waals surface area contributed by atoms with E-state index in [4.69, 9.17) is 11.6 Å². The summed E-state index contributed by atoms with van der Waals surface area (Å²) in [4.78, 5) is 13.4. The summed E-state index contributed by atoms with van der Waals surface area (Å²) in [5, 5.41) is 3.55. The monoisotopic (exact) mass is 321 g/mol. The fourth-order valence-corrected chi connectivity index (χ4v) is 3.68. The van der Waals surface area contributed by atoms with Gasteiger partial charge in [-0.25, -0.2) is 4.39 Å². The van der Waals surface area contributed by atoms with Gasteiger partial charge in [-0.2, -0.15) is 0 Å². The molecule has 1 unspecified atom stereocenters. The molecule has 2 aromatic rings. The number of nitrogens with one attached hydrogen (secondary N) is 1. The highest BCUT2D eigenvalue weighted by atomic mass is 35.5. The second-order valence-electron chi connectivity index (χ2n) is 4.83. The van der Waals surface area contributed by atoms with E-state index in [1.165, 1.54) is 12.1 Å². The third-order valence-corrected chi connectivity index (χ3v) is 4.79. The lowest BCUT2D eigenvalue weighted by molar-refractivity contribution is 0.0931. The molecule has 2 nitrogen and oxygen atoms in total. The van der Waals surface area contributed by atoms with E-state index in [9.17, 15) is 9.18 Å². The lowest BCUT2D eigenvalue weighted by Gasteiger charge is -2.26. The Morgan fingerprint density at radius 1 is 1.29 bits per heavy atom. The largest absolute Gasteiger partial charge is 0.345 e. The van der Waals surface area contributed by atoms with Gasteiger partial charge in [-0.1, -0.05) is 23.7 Å². The van der Waals surface area contributed by atoms with Crippen molar-refractivity contribution in [3.05, 3.63) is 64.4 Å². The normalized spacial score (nSPS) is 17.1. The van der Waals surface area contributed by atoms with E-state index in [-0.39, 0.29) is 11.6 Å². The Kier molecular flexibility index (Phi) is 4.17. The Bertz CT molecular complexity index is 692. The summed E-state index contributed by atoms with van der Waals surface area (Å²) in [5.74, 6) is 0.0130. The molecule has 0 spiro atoms. The molecule has 0 saturated heterocycles. The molecular formula is C16H13ClFNOS. The lowest BCUT2D eigenvalue weighted by Crippen LogP contribution is -2.31. The van der Waals surface area contributed by atoms with Gasteiger partial charge >= 0.3 is 0 Å². The van der Waals surface area contributed by atoms with E-state index in [2.05, 4.69) is 5.32 Å². The average Bonchev–Trinajstić information content (AvgIpc) is 2.48. The Labute approximate surface area is 131 Å². The smallest absolute Gasteiger partial charge is 0.254 e. The van der Waals surface area contributed by atoms with Crippen LogP contribution in [0, 0.1) is 5.82 Å². The number of rotatable bonds is 2. The van der Waals surface area contributed by atoms with Crippen LogP contribution in [0.2, 0.25) is 5.02 Å². The topological polar surface area (TPSA) is 29.1 Å². The van der Waals surface area contributed by atoms with Crippen LogP contribution < -0.4 is 5.32 Å². The molecule has 0 radical (unpaired) electrons. The van der Waals surface area contributed by atoms with Crippen molar-refractivity contribution in [1.29, 1.82) is 0 Å². The molecule has 1 aliphatic rings. The van der Waals surface area contributed by atoms with Crippen LogP contribution in [-0.2, 0) is 0 Å². The van der Waals surface area contributed by atoms with Gasteiger partial charge in [0.15, 0.2) is 0 Å². The third kappa shape index (κ3) is 3.06. The molecule has 2 aromatic carbocycles. The van der Waals surface area contributed by atoms with Gasteiger partial charge in [0, 0.05) is 15.7 Å². The first kappa shape index (κ1) is 14.4. The average molecular weight is 322 g/mol. The van der Waals surface area contributed by atoms with Crippen LogP contribution in [0.1, 0.15) is 28.4 Å². The number of carbonyl (C=O) groups excluding carboxylic acids is 1. The molecule has 3 rings (SSSR count). The highest BCUT2D eigenvalue weighted by Crippen LogP contribution is 2.37. The van der Waals surface area contributed by atoms with Crippen molar-refractivity contribution in [1.82, 2.24) is 5.32 Å². The molecule has 21 heavy (non-hydrogen) atoms. The van der Waals surface area contributed by atoms with Gasteiger partial charge in [-0.3, -0.25) is 4.79 Å². The van der Waals surface area contributed by atoms with E-state index in [1.54, 1.807) is 23.9 Å². The number of halogens is 2. The number of hydrogen-bond acceptors (Lipinski definition) is 2. The van der Waals surface area contributed by atoms with Crippen LogP contribution in [0.15, 0.2) is 47.4 Å². The molecule has 1 atom stereocenters. The number of amides is 1. The second kappa shape index (κ2) is 6.08. The molecule has 5 heteroatoms. The number of carbonyl (C=O) groups is 1. The maximum atomic E-state index is 13.7. The maximum Gasteiger partial charge on any atom is 0.254 e.